The summed E-state index contributed by atoms with van der Waals surface area (Å²) in [7, 11) is -4.82. The Labute approximate surface area is 337 Å². The molecule has 3 atom stereocenters. The number of unbranched alkanes of at least 4 members (excludes halogenated alkanes) is 8. The van der Waals surface area contributed by atoms with Gasteiger partial charge in [0.1, 0.15) is 6.61 Å². The third-order valence-electron chi connectivity index (χ3n) is 7.95. The molecule has 0 saturated heterocycles. The lowest BCUT2D eigenvalue weighted by atomic mass is 10.1. The van der Waals surface area contributed by atoms with Gasteiger partial charge < -0.3 is 29.5 Å². The van der Waals surface area contributed by atoms with Crippen LogP contribution in [0.1, 0.15) is 129 Å². The maximum absolute atomic E-state index is 12.4. The molecule has 0 aromatic carbocycles. The molecule has 0 aromatic heterocycles. The molecule has 0 rings (SSSR count). The van der Waals surface area contributed by atoms with Crippen LogP contribution in [0, 0.1) is 0 Å². The molecule has 11 heteroatoms. The first-order valence-electron chi connectivity index (χ1n) is 20.4. The number of carbonyl (C=O) groups is 2. The lowest BCUT2D eigenvalue weighted by Gasteiger charge is -2.18. The first-order valence-corrected chi connectivity index (χ1v) is 21.9. The molecule has 0 bridgehead atoms. The van der Waals surface area contributed by atoms with Crippen LogP contribution in [0.2, 0.25) is 0 Å². The summed E-state index contributed by atoms with van der Waals surface area (Å²) in [5, 5.41) is 19.9. The van der Waals surface area contributed by atoms with E-state index in [9.17, 15) is 24.4 Å². The highest BCUT2D eigenvalue weighted by Gasteiger charge is 2.22. The van der Waals surface area contributed by atoms with Crippen LogP contribution in [0.25, 0.3) is 0 Å². The van der Waals surface area contributed by atoms with E-state index in [1.807, 2.05) is 49.5 Å². The number of rotatable bonds is 35. The van der Waals surface area contributed by atoms with Crippen LogP contribution in [0.4, 0.5) is 0 Å². The standard InChI is InChI=1S/C45H71O10P/c1-3-5-7-8-9-10-11-12-13-14-15-16-17-18-22-25-31-37-44(48)53-39-43(40-54-56(50,51)52)55-45(49)38-32-26-30-36-42(47)35-29-24-21-19-20-23-28-34-41(46)33-27-6-4-2/h6,9-10,12-13,15-16,20-21,23-24,27-30,34-36,41-43,46-47H,3-5,7-8,11,14,17-19,22,25-26,31-33,37-40H2,1-2H3,(H2,50,51,52)/b10-9-,13-12-,16-15-,23-20-,24-21-,27-6-,34-28+,35-29+,36-30-/t41-,42-,43+/m0/s1. The molecular formula is C45H71O10P. The summed E-state index contributed by atoms with van der Waals surface area (Å²) >= 11 is 0. The molecular weight excluding hydrogens is 731 g/mol. The Hall–Kier alpha value is -3.37. The van der Waals surface area contributed by atoms with Crippen LogP contribution in [0.5, 0.6) is 0 Å². The minimum Gasteiger partial charge on any atom is -0.462 e. The van der Waals surface area contributed by atoms with E-state index in [-0.39, 0.29) is 19.4 Å². The predicted octanol–water partition coefficient (Wildman–Crippen LogP) is 10.3. The van der Waals surface area contributed by atoms with Gasteiger partial charge in [0.15, 0.2) is 6.10 Å². The lowest BCUT2D eigenvalue weighted by molar-refractivity contribution is -0.161. The van der Waals surface area contributed by atoms with E-state index >= 15 is 0 Å². The third kappa shape index (κ3) is 40.3. The first-order chi connectivity index (χ1) is 27.1. The highest BCUT2D eigenvalue weighted by molar-refractivity contribution is 7.46. The Balaban J connectivity index is 4.28. The van der Waals surface area contributed by atoms with E-state index in [4.69, 9.17) is 19.3 Å². The average molecular weight is 803 g/mol. The van der Waals surface area contributed by atoms with E-state index in [1.54, 1.807) is 30.4 Å². The van der Waals surface area contributed by atoms with Gasteiger partial charge in [-0.25, -0.2) is 4.57 Å². The fraction of sp³-hybridized carbons (Fsp3) is 0.556. The topological polar surface area (TPSA) is 160 Å². The summed E-state index contributed by atoms with van der Waals surface area (Å²) in [6.45, 7) is 3.27. The van der Waals surface area contributed by atoms with Crippen molar-refractivity contribution in [1.82, 2.24) is 0 Å². The van der Waals surface area contributed by atoms with Gasteiger partial charge in [-0.05, 0) is 77.0 Å². The highest BCUT2D eigenvalue weighted by Crippen LogP contribution is 2.36. The molecule has 316 valence electrons. The molecule has 4 N–H and O–H groups in total. The van der Waals surface area contributed by atoms with Crippen molar-refractivity contribution >= 4 is 19.8 Å². The number of aliphatic hydroxyl groups is 2. The zero-order valence-electron chi connectivity index (χ0n) is 34.0. The van der Waals surface area contributed by atoms with Crippen molar-refractivity contribution in [2.75, 3.05) is 13.2 Å². The Kier molecular flexibility index (Phi) is 36.2. The van der Waals surface area contributed by atoms with Gasteiger partial charge in [0.05, 0.1) is 18.8 Å². The Morgan fingerprint density at radius 2 is 1.18 bits per heavy atom. The zero-order valence-corrected chi connectivity index (χ0v) is 34.8. The van der Waals surface area contributed by atoms with E-state index in [2.05, 4.69) is 47.9 Å². The molecule has 0 radical (unpaired) electrons. The molecule has 0 aromatic rings. The monoisotopic (exact) mass is 802 g/mol. The molecule has 0 aliphatic carbocycles. The SMILES string of the molecule is CC/C=C\C[C@H](O)/C=C/C=C\C/C=C\C=C\[C@H](O)/C=C\CCCC(=O)O[C@H](COC(=O)CCCCCC/C=C\C/C=C\C/C=C\CCCCC)COP(=O)(O)O. The van der Waals surface area contributed by atoms with Crippen LogP contribution >= 0.6 is 7.82 Å². The number of ether oxygens (including phenoxy) is 2. The van der Waals surface area contributed by atoms with Gasteiger partial charge in [0.2, 0.25) is 0 Å². The molecule has 0 aliphatic rings. The van der Waals surface area contributed by atoms with Crippen molar-refractivity contribution in [3.8, 4) is 0 Å². The molecule has 0 aliphatic heterocycles. The van der Waals surface area contributed by atoms with Crippen LogP contribution in [-0.2, 0) is 28.2 Å². The molecule has 56 heavy (non-hydrogen) atoms. The summed E-state index contributed by atoms with van der Waals surface area (Å²) in [5.74, 6) is -1.11. The average Bonchev–Trinajstić information content (AvgIpc) is 3.16. The normalized spacial score (nSPS) is 14.8. The number of carbonyl (C=O) groups excluding carboxylic acids is 2. The Morgan fingerprint density at radius 1 is 0.589 bits per heavy atom. The van der Waals surface area contributed by atoms with Gasteiger partial charge >= 0.3 is 19.8 Å². The fourth-order valence-electron chi connectivity index (χ4n) is 4.88. The van der Waals surface area contributed by atoms with Crippen molar-refractivity contribution in [3.63, 3.8) is 0 Å². The number of phosphoric acid groups is 1. The Bertz CT molecular complexity index is 1300. The number of phosphoric ester groups is 1. The molecule has 0 spiro atoms. The Morgan fingerprint density at radius 3 is 1.84 bits per heavy atom. The summed E-state index contributed by atoms with van der Waals surface area (Å²) in [6.07, 6.45) is 47.3. The van der Waals surface area contributed by atoms with Gasteiger partial charge in [-0.2, -0.15) is 0 Å². The molecule has 10 nitrogen and oxygen atoms in total. The van der Waals surface area contributed by atoms with E-state index in [0.717, 1.165) is 51.4 Å². The fourth-order valence-corrected chi connectivity index (χ4v) is 5.24. The highest BCUT2D eigenvalue weighted by atomic mass is 31.2. The van der Waals surface area contributed by atoms with Crippen molar-refractivity contribution in [3.05, 3.63) is 109 Å². The number of allylic oxidation sites excluding steroid dienone is 14. The summed E-state index contributed by atoms with van der Waals surface area (Å²) in [4.78, 5) is 42.8. The first kappa shape index (κ1) is 52.6. The van der Waals surface area contributed by atoms with Crippen LogP contribution in [-0.4, -0.2) is 63.5 Å². The van der Waals surface area contributed by atoms with E-state index < -0.39 is 44.7 Å². The summed E-state index contributed by atoms with van der Waals surface area (Å²) < 4.78 is 26.2. The maximum Gasteiger partial charge on any atom is 0.469 e. The minimum atomic E-state index is -4.82. The van der Waals surface area contributed by atoms with Crippen molar-refractivity contribution in [2.45, 2.75) is 148 Å². The van der Waals surface area contributed by atoms with Crippen molar-refractivity contribution in [2.24, 2.45) is 0 Å². The lowest BCUT2D eigenvalue weighted by Crippen LogP contribution is -2.29. The molecule has 0 unspecified atom stereocenters. The van der Waals surface area contributed by atoms with Gasteiger partial charge in [0, 0.05) is 12.8 Å². The molecule has 0 heterocycles. The van der Waals surface area contributed by atoms with Gasteiger partial charge in [-0.3, -0.25) is 14.1 Å². The second-order valence-corrected chi connectivity index (χ2v) is 14.5. The minimum absolute atomic E-state index is 0.0136. The van der Waals surface area contributed by atoms with Gasteiger partial charge in [-0.1, -0.05) is 149 Å². The quantitative estimate of drug-likeness (QED) is 0.0160. The molecule has 0 fully saturated rings. The maximum atomic E-state index is 12.4. The van der Waals surface area contributed by atoms with E-state index in [0.29, 0.717) is 32.1 Å². The van der Waals surface area contributed by atoms with Crippen molar-refractivity contribution < 1.29 is 48.2 Å². The molecule has 0 saturated carbocycles. The summed E-state index contributed by atoms with van der Waals surface area (Å²) in [6, 6.07) is 0. The second-order valence-electron chi connectivity index (χ2n) is 13.3. The van der Waals surface area contributed by atoms with Crippen LogP contribution in [0.15, 0.2) is 109 Å². The van der Waals surface area contributed by atoms with Crippen LogP contribution < -0.4 is 0 Å². The third-order valence-corrected chi connectivity index (χ3v) is 8.44. The predicted molar refractivity (Wildman–Crippen MR) is 228 cm³/mol. The summed E-state index contributed by atoms with van der Waals surface area (Å²) in [5.41, 5.74) is 0. The smallest absolute Gasteiger partial charge is 0.462 e. The second kappa shape index (κ2) is 38.5. The number of hydrogen-bond donors (Lipinski definition) is 4. The zero-order chi connectivity index (χ0) is 41.4. The number of hydrogen-bond acceptors (Lipinski definition) is 8. The molecule has 0 amide bonds. The van der Waals surface area contributed by atoms with Crippen molar-refractivity contribution in [1.29, 1.82) is 0 Å². The van der Waals surface area contributed by atoms with Gasteiger partial charge in [0.25, 0.3) is 0 Å². The van der Waals surface area contributed by atoms with E-state index in [1.165, 1.54) is 19.3 Å². The van der Waals surface area contributed by atoms with Gasteiger partial charge in [-0.15, -0.1) is 0 Å². The van der Waals surface area contributed by atoms with Crippen LogP contribution in [0.3, 0.4) is 0 Å². The number of aliphatic hydroxyl groups excluding tert-OH is 2. The largest absolute Gasteiger partial charge is 0.469 e. The number of esters is 2.